The Hall–Kier alpha value is -2.73. The number of amidine groups is 1. The Balaban J connectivity index is 1.59. The fourth-order valence-corrected chi connectivity index (χ4v) is 3.98. The number of carbonyl (C=O) groups excluding carboxylic acids is 1. The van der Waals surface area contributed by atoms with Gasteiger partial charge in [-0.25, -0.2) is 4.99 Å². The van der Waals surface area contributed by atoms with Gasteiger partial charge in [0.2, 0.25) is 0 Å². The molecule has 1 amide bonds. The van der Waals surface area contributed by atoms with E-state index in [0.29, 0.717) is 5.82 Å². The van der Waals surface area contributed by atoms with Crippen LogP contribution in [-0.4, -0.2) is 65.5 Å². The summed E-state index contributed by atoms with van der Waals surface area (Å²) in [5, 5.41) is 6.34. The zero-order valence-corrected chi connectivity index (χ0v) is 14.7. The van der Waals surface area contributed by atoms with Crippen molar-refractivity contribution in [2.24, 2.45) is 21.9 Å². The number of fused-ring (bicyclic) bond motifs is 3. The van der Waals surface area contributed by atoms with Gasteiger partial charge >= 0.3 is 0 Å². The lowest BCUT2D eigenvalue weighted by atomic mass is 9.89. The highest BCUT2D eigenvalue weighted by Crippen LogP contribution is 2.36. The van der Waals surface area contributed by atoms with Crippen molar-refractivity contribution in [2.75, 3.05) is 33.2 Å². The van der Waals surface area contributed by atoms with E-state index < -0.39 is 0 Å². The third-order valence-electron chi connectivity index (χ3n) is 5.50. The molecule has 2 unspecified atom stereocenters. The van der Waals surface area contributed by atoms with Crippen LogP contribution in [0.2, 0.25) is 0 Å². The molecule has 0 saturated carbocycles. The highest BCUT2D eigenvalue weighted by molar-refractivity contribution is 6.15. The summed E-state index contributed by atoms with van der Waals surface area (Å²) in [5.74, 6) is 1.34. The average Bonchev–Trinajstić information content (AvgIpc) is 2.69. The van der Waals surface area contributed by atoms with Crippen LogP contribution in [0.4, 0.5) is 0 Å². The van der Waals surface area contributed by atoms with Gasteiger partial charge in [0, 0.05) is 31.8 Å². The Morgan fingerprint density at radius 3 is 2.50 bits per heavy atom. The Morgan fingerprint density at radius 2 is 1.69 bits per heavy atom. The maximum atomic E-state index is 13.1. The second kappa shape index (κ2) is 5.92. The van der Waals surface area contributed by atoms with E-state index in [4.69, 9.17) is 10.1 Å². The third-order valence-corrected chi connectivity index (χ3v) is 5.50. The SMILES string of the molecule is CN1CCN(C2=NN3C(=O)C4C=CC=CC4=NC3=C3C=CC=CC23)CC1. The van der Waals surface area contributed by atoms with E-state index in [1.165, 1.54) is 5.01 Å². The lowest BCUT2D eigenvalue weighted by molar-refractivity contribution is -0.131. The van der Waals surface area contributed by atoms with Gasteiger partial charge in [0.25, 0.3) is 5.91 Å². The second-order valence-corrected chi connectivity index (χ2v) is 7.16. The number of allylic oxidation sites excluding steroid dienone is 6. The monoisotopic (exact) mass is 347 g/mol. The van der Waals surface area contributed by atoms with Crippen molar-refractivity contribution in [1.29, 1.82) is 0 Å². The molecule has 0 aromatic carbocycles. The number of piperazine rings is 1. The third kappa shape index (κ3) is 2.33. The van der Waals surface area contributed by atoms with Crippen LogP contribution in [0.1, 0.15) is 0 Å². The number of hydrogen-bond acceptors (Lipinski definition) is 5. The summed E-state index contributed by atoms with van der Waals surface area (Å²) in [6, 6.07) is 0. The topological polar surface area (TPSA) is 51.5 Å². The van der Waals surface area contributed by atoms with Crippen molar-refractivity contribution in [1.82, 2.24) is 14.8 Å². The van der Waals surface area contributed by atoms with Crippen LogP contribution < -0.4 is 0 Å². The van der Waals surface area contributed by atoms with Gasteiger partial charge in [-0.3, -0.25) is 4.79 Å². The molecule has 6 nitrogen and oxygen atoms in total. The minimum absolute atomic E-state index is 0.0221. The average molecular weight is 347 g/mol. The largest absolute Gasteiger partial charge is 0.355 e. The van der Waals surface area contributed by atoms with Crippen LogP contribution in [0.5, 0.6) is 0 Å². The summed E-state index contributed by atoms with van der Waals surface area (Å²) in [6.07, 6.45) is 15.9. The molecule has 0 bridgehead atoms. The maximum absolute atomic E-state index is 13.1. The summed E-state index contributed by atoms with van der Waals surface area (Å²) < 4.78 is 0. The number of hydrazone groups is 1. The molecular formula is C20H21N5O. The van der Waals surface area contributed by atoms with Gasteiger partial charge in [0.05, 0.1) is 11.6 Å². The molecule has 1 saturated heterocycles. The molecule has 5 rings (SSSR count). The molecule has 3 heterocycles. The van der Waals surface area contributed by atoms with Crippen LogP contribution in [0.15, 0.2) is 70.1 Å². The normalized spacial score (nSPS) is 30.1. The molecule has 0 N–H and O–H groups in total. The second-order valence-electron chi connectivity index (χ2n) is 7.16. The van der Waals surface area contributed by atoms with E-state index in [-0.39, 0.29) is 17.7 Å². The van der Waals surface area contributed by atoms with Crippen molar-refractivity contribution in [3.8, 4) is 0 Å². The Morgan fingerprint density at radius 1 is 0.962 bits per heavy atom. The van der Waals surface area contributed by atoms with Crippen molar-refractivity contribution in [3.63, 3.8) is 0 Å². The lowest BCUT2D eigenvalue weighted by Crippen LogP contribution is -2.52. The first-order valence-electron chi connectivity index (χ1n) is 9.11. The molecule has 1 fully saturated rings. The Kier molecular flexibility index (Phi) is 3.53. The number of carbonyl (C=O) groups is 1. The first-order chi connectivity index (χ1) is 12.7. The predicted molar refractivity (Wildman–Crippen MR) is 101 cm³/mol. The molecule has 0 spiro atoms. The summed E-state index contributed by atoms with van der Waals surface area (Å²) >= 11 is 0. The first-order valence-corrected chi connectivity index (χ1v) is 9.11. The van der Waals surface area contributed by atoms with E-state index in [1.807, 2.05) is 30.4 Å². The van der Waals surface area contributed by atoms with Crippen LogP contribution in [-0.2, 0) is 4.79 Å². The number of amides is 1. The molecule has 6 heteroatoms. The molecule has 5 aliphatic rings. The highest BCUT2D eigenvalue weighted by atomic mass is 16.2. The van der Waals surface area contributed by atoms with E-state index >= 15 is 0 Å². The number of aliphatic imine (C=N–C) groups is 1. The van der Waals surface area contributed by atoms with Crippen molar-refractivity contribution < 1.29 is 4.79 Å². The van der Waals surface area contributed by atoms with Crippen molar-refractivity contribution in [3.05, 3.63) is 60.0 Å². The van der Waals surface area contributed by atoms with Gasteiger partial charge in [0.15, 0.2) is 5.82 Å². The highest BCUT2D eigenvalue weighted by Gasteiger charge is 2.41. The molecule has 0 radical (unpaired) electrons. The van der Waals surface area contributed by atoms with E-state index in [9.17, 15) is 4.79 Å². The zero-order chi connectivity index (χ0) is 17.7. The molecule has 0 aromatic heterocycles. The van der Waals surface area contributed by atoms with Gasteiger partial charge in [-0.15, -0.1) is 5.10 Å². The Labute approximate surface area is 152 Å². The molecular weight excluding hydrogens is 326 g/mol. The zero-order valence-electron chi connectivity index (χ0n) is 14.7. The van der Waals surface area contributed by atoms with Crippen LogP contribution in [0.25, 0.3) is 0 Å². The van der Waals surface area contributed by atoms with E-state index in [0.717, 1.165) is 43.3 Å². The van der Waals surface area contributed by atoms with E-state index in [1.54, 1.807) is 0 Å². The van der Waals surface area contributed by atoms with Crippen LogP contribution in [0, 0.1) is 11.8 Å². The Bertz CT molecular complexity index is 865. The van der Waals surface area contributed by atoms with Gasteiger partial charge < -0.3 is 9.80 Å². The van der Waals surface area contributed by atoms with Gasteiger partial charge in [-0.2, -0.15) is 5.01 Å². The van der Waals surface area contributed by atoms with Gasteiger partial charge in [-0.1, -0.05) is 42.5 Å². The predicted octanol–water partition coefficient (Wildman–Crippen LogP) is 1.54. The minimum Gasteiger partial charge on any atom is -0.355 e. The summed E-state index contributed by atoms with van der Waals surface area (Å²) in [4.78, 5) is 22.5. The maximum Gasteiger partial charge on any atom is 0.261 e. The van der Waals surface area contributed by atoms with E-state index in [2.05, 4.69) is 35.1 Å². The number of hydrogen-bond donors (Lipinski definition) is 0. The summed E-state index contributed by atoms with van der Waals surface area (Å²) in [5.41, 5.74) is 1.86. The molecule has 26 heavy (non-hydrogen) atoms. The van der Waals surface area contributed by atoms with Gasteiger partial charge in [0.1, 0.15) is 11.8 Å². The molecule has 132 valence electrons. The van der Waals surface area contributed by atoms with Crippen molar-refractivity contribution in [2.45, 2.75) is 0 Å². The number of rotatable bonds is 0. The summed E-state index contributed by atoms with van der Waals surface area (Å²) in [6.45, 7) is 3.86. The van der Waals surface area contributed by atoms with Crippen molar-refractivity contribution >= 4 is 17.5 Å². The van der Waals surface area contributed by atoms with Crippen LogP contribution in [0.3, 0.4) is 0 Å². The summed E-state index contributed by atoms with van der Waals surface area (Å²) in [7, 11) is 2.14. The minimum atomic E-state index is -0.332. The number of likely N-dealkylation sites (N-methyl/N-ethyl adjacent to an activating group) is 1. The quantitative estimate of drug-likeness (QED) is 0.668. The van der Waals surface area contributed by atoms with Gasteiger partial charge in [-0.05, 0) is 13.1 Å². The smallest absolute Gasteiger partial charge is 0.261 e. The molecule has 2 atom stereocenters. The van der Waals surface area contributed by atoms with Crippen LogP contribution >= 0.6 is 0 Å². The molecule has 2 aliphatic carbocycles. The first kappa shape index (κ1) is 15.5. The fraction of sp³-hybridized carbons (Fsp3) is 0.350. The molecule has 0 aromatic rings. The standard InChI is InChI=1S/C20H21N5O/c1-23-10-12-24(13-11-23)19-15-7-3-2-6-14(15)18-21-17-9-5-4-8-16(17)20(26)25(18)22-19/h2-9,15-16H,10-13H2,1H3. The lowest BCUT2D eigenvalue weighted by Gasteiger charge is -2.41. The number of nitrogens with zero attached hydrogens (tertiary/aromatic N) is 5. The fourth-order valence-electron chi connectivity index (χ4n) is 3.98. The molecule has 3 aliphatic heterocycles.